The number of methoxy groups -OCH3 is 1. The quantitative estimate of drug-likeness (QED) is 0.522. The van der Waals surface area contributed by atoms with E-state index in [1.165, 1.54) is 7.11 Å². The smallest absolute Gasteiger partial charge is 0.332 e. The van der Waals surface area contributed by atoms with Crippen molar-refractivity contribution in [1.82, 2.24) is 20.4 Å². The molecule has 0 radical (unpaired) electrons. The standard InChI is InChI=1S/C7H7ClN4O2/c1-4-9-11-7(12-10-4)5(8)3-6(13)14-2/h3H,1-2H3/b5-3-. The molecule has 1 heterocycles. The van der Waals surface area contributed by atoms with Gasteiger partial charge < -0.3 is 4.74 Å². The summed E-state index contributed by atoms with van der Waals surface area (Å²) in [6, 6.07) is 0. The Hall–Kier alpha value is -1.56. The van der Waals surface area contributed by atoms with Gasteiger partial charge in [0.05, 0.1) is 12.1 Å². The van der Waals surface area contributed by atoms with Crippen LogP contribution in [0.15, 0.2) is 6.08 Å². The normalized spacial score (nSPS) is 11.2. The number of rotatable bonds is 2. The van der Waals surface area contributed by atoms with Crippen LogP contribution in [0.25, 0.3) is 5.03 Å². The first-order valence-corrected chi connectivity index (χ1v) is 4.01. The molecule has 0 amide bonds. The maximum atomic E-state index is 10.8. The third kappa shape index (κ3) is 2.74. The summed E-state index contributed by atoms with van der Waals surface area (Å²) in [5.41, 5.74) is 0. The topological polar surface area (TPSA) is 77.9 Å². The summed E-state index contributed by atoms with van der Waals surface area (Å²) in [7, 11) is 1.25. The number of ether oxygens (including phenoxy) is 1. The summed E-state index contributed by atoms with van der Waals surface area (Å²) >= 11 is 5.69. The summed E-state index contributed by atoms with van der Waals surface area (Å²) in [5, 5.41) is 14.6. The number of halogens is 1. The lowest BCUT2D eigenvalue weighted by Crippen LogP contribution is -2.02. The first kappa shape index (κ1) is 10.5. The number of hydrogen-bond donors (Lipinski definition) is 0. The Morgan fingerprint density at radius 3 is 2.43 bits per heavy atom. The highest BCUT2D eigenvalue weighted by Crippen LogP contribution is 2.12. The van der Waals surface area contributed by atoms with E-state index in [1.54, 1.807) is 6.92 Å². The van der Waals surface area contributed by atoms with E-state index in [1.807, 2.05) is 0 Å². The van der Waals surface area contributed by atoms with Crippen molar-refractivity contribution in [3.63, 3.8) is 0 Å². The highest BCUT2D eigenvalue weighted by molar-refractivity contribution is 6.49. The predicted octanol–water partition coefficient (Wildman–Crippen LogP) is 0.328. The van der Waals surface area contributed by atoms with Gasteiger partial charge in [-0.1, -0.05) is 11.6 Å². The number of hydrogen-bond acceptors (Lipinski definition) is 6. The molecular formula is C7H7ClN4O2. The molecule has 0 unspecified atom stereocenters. The monoisotopic (exact) mass is 214 g/mol. The van der Waals surface area contributed by atoms with Gasteiger partial charge in [-0.2, -0.15) is 0 Å². The zero-order chi connectivity index (χ0) is 10.6. The number of carbonyl (C=O) groups excluding carboxylic acids is 1. The number of carbonyl (C=O) groups is 1. The van der Waals surface area contributed by atoms with E-state index in [4.69, 9.17) is 11.6 Å². The Balaban J connectivity index is 2.89. The fourth-order valence-electron chi connectivity index (χ4n) is 0.602. The number of esters is 1. The van der Waals surface area contributed by atoms with E-state index in [2.05, 4.69) is 25.1 Å². The summed E-state index contributed by atoms with van der Waals surface area (Å²) in [4.78, 5) is 10.8. The maximum Gasteiger partial charge on any atom is 0.332 e. The molecule has 0 N–H and O–H groups in total. The van der Waals surface area contributed by atoms with Crippen LogP contribution < -0.4 is 0 Å². The van der Waals surface area contributed by atoms with Gasteiger partial charge in [-0.05, 0) is 6.92 Å². The average molecular weight is 215 g/mol. The van der Waals surface area contributed by atoms with Crippen LogP contribution in [0.3, 0.4) is 0 Å². The van der Waals surface area contributed by atoms with Crippen LogP contribution in [0.4, 0.5) is 0 Å². The van der Waals surface area contributed by atoms with E-state index in [9.17, 15) is 4.79 Å². The van der Waals surface area contributed by atoms with Crippen LogP contribution >= 0.6 is 11.6 Å². The zero-order valence-electron chi connectivity index (χ0n) is 7.56. The Labute approximate surface area is 85.0 Å². The molecule has 6 nitrogen and oxygen atoms in total. The second-order valence-corrected chi connectivity index (χ2v) is 2.69. The average Bonchev–Trinajstić information content (AvgIpc) is 2.18. The number of aryl methyl sites for hydroxylation is 1. The van der Waals surface area contributed by atoms with Crippen molar-refractivity contribution in [2.24, 2.45) is 0 Å². The minimum Gasteiger partial charge on any atom is -0.466 e. The van der Waals surface area contributed by atoms with Crippen molar-refractivity contribution >= 4 is 22.6 Å². The third-order valence-corrected chi connectivity index (χ3v) is 1.52. The van der Waals surface area contributed by atoms with Gasteiger partial charge in [0.25, 0.3) is 0 Å². The lowest BCUT2D eigenvalue weighted by atomic mass is 10.5. The van der Waals surface area contributed by atoms with Crippen molar-refractivity contribution in [1.29, 1.82) is 0 Å². The molecule has 0 aliphatic rings. The molecule has 0 fully saturated rings. The van der Waals surface area contributed by atoms with Crippen molar-refractivity contribution < 1.29 is 9.53 Å². The van der Waals surface area contributed by atoms with Gasteiger partial charge in [0.1, 0.15) is 0 Å². The SMILES string of the molecule is COC(=O)/C=C(\Cl)c1nnc(C)nn1. The van der Waals surface area contributed by atoms with Crippen LogP contribution in [0.5, 0.6) is 0 Å². The predicted molar refractivity (Wildman–Crippen MR) is 48.2 cm³/mol. The Morgan fingerprint density at radius 2 is 1.93 bits per heavy atom. The minimum absolute atomic E-state index is 0.0388. The molecule has 0 bridgehead atoms. The van der Waals surface area contributed by atoms with Gasteiger partial charge in [0, 0.05) is 6.08 Å². The van der Waals surface area contributed by atoms with Crippen LogP contribution in [0.2, 0.25) is 0 Å². The minimum atomic E-state index is -0.584. The molecule has 0 atom stereocenters. The van der Waals surface area contributed by atoms with Gasteiger partial charge in [-0.3, -0.25) is 0 Å². The van der Waals surface area contributed by atoms with Crippen molar-refractivity contribution in [3.8, 4) is 0 Å². The first-order chi connectivity index (χ1) is 6.63. The summed E-state index contributed by atoms with van der Waals surface area (Å²) in [6.07, 6.45) is 1.05. The second-order valence-electron chi connectivity index (χ2n) is 2.29. The molecule has 0 aliphatic carbocycles. The number of nitrogens with zero attached hydrogens (tertiary/aromatic N) is 4. The molecule has 0 aromatic carbocycles. The second kappa shape index (κ2) is 4.61. The van der Waals surface area contributed by atoms with Gasteiger partial charge in [-0.15, -0.1) is 20.4 Å². The molecule has 7 heteroatoms. The van der Waals surface area contributed by atoms with Gasteiger partial charge >= 0.3 is 5.97 Å². The Bertz CT molecular complexity index is 362. The largest absolute Gasteiger partial charge is 0.466 e. The van der Waals surface area contributed by atoms with Gasteiger partial charge in [-0.25, -0.2) is 4.79 Å². The maximum absolute atomic E-state index is 10.8. The van der Waals surface area contributed by atoms with Crippen molar-refractivity contribution in [2.75, 3.05) is 7.11 Å². The van der Waals surface area contributed by atoms with E-state index in [-0.39, 0.29) is 10.9 Å². The van der Waals surface area contributed by atoms with Crippen LogP contribution in [0, 0.1) is 6.92 Å². The fraction of sp³-hybridized carbons (Fsp3) is 0.286. The summed E-state index contributed by atoms with van der Waals surface area (Å²) in [5.74, 6) is -0.0712. The molecule has 0 saturated carbocycles. The van der Waals surface area contributed by atoms with Gasteiger partial charge in [0.2, 0.25) is 5.82 Å². The molecule has 1 aromatic rings. The van der Waals surface area contributed by atoms with E-state index in [0.717, 1.165) is 6.08 Å². The molecule has 74 valence electrons. The molecular weight excluding hydrogens is 208 g/mol. The van der Waals surface area contributed by atoms with E-state index in [0.29, 0.717) is 5.82 Å². The molecule has 0 saturated heterocycles. The zero-order valence-corrected chi connectivity index (χ0v) is 8.32. The first-order valence-electron chi connectivity index (χ1n) is 3.63. The Kier molecular flexibility index (Phi) is 3.47. The van der Waals surface area contributed by atoms with Crippen LogP contribution in [-0.4, -0.2) is 33.5 Å². The molecule has 0 aliphatic heterocycles. The highest BCUT2D eigenvalue weighted by Gasteiger charge is 2.06. The van der Waals surface area contributed by atoms with E-state index >= 15 is 0 Å². The molecule has 0 spiro atoms. The highest BCUT2D eigenvalue weighted by atomic mass is 35.5. The Morgan fingerprint density at radius 1 is 1.36 bits per heavy atom. The van der Waals surface area contributed by atoms with Crippen LogP contribution in [0.1, 0.15) is 11.6 Å². The van der Waals surface area contributed by atoms with Crippen molar-refractivity contribution in [3.05, 3.63) is 17.7 Å². The summed E-state index contributed by atoms with van der Waals surface area (Å²) in [6.45, 7) is 1.64. The lowest BCUT2D eigenvalue weighted by molar-refractivity contribution is -0.134. The summed E-state index contributed by atoms with van der Waals surface area (Å²) < 4.78 is 4.37. The molecule has 1 aromatic heterocycles. The molecule has 14 heavy (non-hydrogen) atoms. The van der Waals surface area contributed by atoms with Crippen LogP contribution in [-0.2, 0) is 9.53 Å². The molecule has 1 rings (SSSR count). The fourth-order valence-corrected chi connectivity index (χ4v) is 0.767. The van der Waals surface area contributed by atoms with E-state index < -0.39 is 5.97 Å². The van der Waals surface area contributed by atoms with Crippen molar-refractivity contribution in [2.45, 2.75) is 6.92 Å². The number of aromatic nitrogens is 4. The van der Waals surface area contributed by atoms with Gasteiger partial charge in [0.15, 0.2) is 5.82 Å². The third-order valence-electron chi connectivity index (χ3n) is 1.24. The lowest BCUT2D eigenvalue weighted by Gasteiger charge is -1.95.